The lowest BCUT2D eigenvalue weighted by atomic mass is 10.0. The molecule has 1 aliphatic heterocycles. The van der Waals surface area contributed by atoms with Crippen LogP contribution in [0.25, 0.3) is 0 Å². The minimum atomic E-state index is -0.244. The number of halogens is 2. The van der Waals surface area contributed by atoms with Gasteiger partial charge in [0.05, 0.1) is 12.7 Å². The maximum atomic E-state index is 13.8. The zero-order valence-corrected chi connectivity index (χ0v) is 11.9. The molecule has 5 heteroatoms. The molecule has 0 aliphatic carbocycles. The van der Waals surface area contributed by atoms with Crippen LogP contribution in [-0.2, 0) is 11.2 Å². The van der Waals surface area contributed by atoms with Crippen molar-refractivity contribution in [1.82, 2.24) is 5.32 Å². The zero-order chi connectivity index (χ0) is 13.0. The highest BCUT2D eigenvalue weighted by Gasteiger charge is 2.25. The number of ether oxygens (including phenoxy) is 1. The normalized spacial score (nSPS) is 21.8. The summed E-state index contributed by atoms with van der Waals surface area (Å²) in [7, 11) is 1.88. The third-order valence-electron chi connectivity index (χ3n) is 3.15. The summed E-state index contributed by atoms with van der Waals surface area (Å²) in [6, 6.07) is 4.89. The molecule has 1 aromatic carbocycles. The fourth-order valence-electron chi connectivity index (χ4n) is 2.10. The van der Waals surface area contributed by atoms with Gasteiger partial charge in [-0.2, -0.15) is 11.8 Å². The van der Waals surface area contributed by atoms with Crippen LogP contribution in [0.4, 0.5) is 4.39 Å². The Bertz CT molecular complexity index is 378. The van der Waals surface area contributed by atoms with Crippen LogP contribution in [0.15, 0.2) is 18.2 Å². The van der Waals surface area contributed by atoms with Crippen molar-refractivity contribution < 1.29 is 9.13 Å². The summed E-state index contributed by atoms with van der Waals surface area (Å²) >= 11 is 7.93. The van der Waals surface area contributed by atoms with E-state index in [0.717, 1.165) is 18.1 Å². The van der Waals surface area contributed by atoms with Gasteiger partial charge in [0.1, 0.15) is 5.82 Å². The Kier molecular flexibility index (Phi) is 5.30. The van der Waals surface area contributed by atoms with Crippen molar-refractivity contribution in [2.45, 2.75) is 18.6 Å². The van der Waals surface area contributed by atoms with E-state index in [1.807, 2.05) is 18.8 Å². The van der Waals surface area contributed by atoms with Crippen molar-refractivity contribution in [3.63, 3.8) is 0 Å². The minimum Gasteiger partial charge on any atom is -0.375 e. The monoisotopic (exact) mass is 289 g/mol. The predicted molar refractivity (Wildman–Crippen MR) is 75.0 cm³/mol. The van der Waals surface area contributed by atoms with Gasteiger partial charge in [0.2, 0.25) is 0 Å². The predicted octanol–water partition coefficient (Wildman–Crippen LogP) is 2.74. The Balaban J connectivity index is 2.09. The SMILES string of the molecule is CNC(Cc1c(F)cccc1Cl)C1CSCCO1. The van der Waals surface area contributed by atoms with E-state index >= 15 is 0 Å². The van der Waals surface area contributed by atoms with Crippen LogP contribution in [-0.4, -0.2) is 37.3 Å². The summed E-state index contributed by atoms with van der Waals surface area (Å²) in [5.74, 6) is 1.73. The van der Waals surface area contributed by atoms with Crippen LogP contribution in [0, 0.1) is 5.82 Å². The summed E-state index contributed by atoms with van der Waals surface area (Å²) < 4.78 is 19.5. The second kappa shape index (κ2) is 6.75. The zero-order valence-electron chi connectivity index (χ0n) is 10.3. The van der Waals surface area contributed by atoms with Crippen LogP contribution in [0.5, 0.6) is 0 Å². The van der Waals surface area contributed by atoms with Gasteiger partial charge in [-0.1, -0.05) is 17.7 Å². The van der Waals surface area contributed by atoms with Gasteiger partial charge in [0, 0.05) is 28.1 Å². The number of benzene rings is 1. The molecule has 2 atom stereocenters. The van der Waals surface area contributed by atoms with E-state index in [4.69, 9.17) is 16.3 Å². The molecule has 1 heterocycles. The lowest BCUT2D eigenvalue weighted by molar-refractivity contribution is 0.0490. The maximum Gasteiger partial charge on any atom is 0.127 e. The van der Waals surface area contributed by atoms with Crippen LogP contribution >= 0.6 is 23.4 Å². The van der Waals surface area contributed by atoms with E-state index in [1.54, 1.807) is 12.1 Å². The molecule has 2 unspecified atom stereocenters. The van der Waals surface area contributed by atoms with Crippen molar-refractivity contribution in [2.75, 3.05) is 25.2 Å². The highest BCUT2D eigenvalue weighted by molar-refractivity contribution is 7.99. The minimum absolute atomic E-state index is 0.0900. The van der Waals surface area contributed by atoms with Crippen molar-refractivity contribution in [2.24, 2.45) is 0 Å². The lowest BCUT2D eigenvalue weighted by Crippen LogP contribution is -2.44. The molecule has 1 aliphatic rings. The molecular formula is C13H17ClFNOS. The second-order valence-corrected chi connectivity index (χ2v) is 5.84. The first-order chi connectivity index (χ1) is 8.72. The molecule has 0 spiro atoms. The van der Waals surface area contributed by atoms with E-state index in [0.29, 0.717) is 17.0 Å². The fourth-order valence-corrected chi connectivity index (χ4v) is 3.29. The van der Waals surface area contributed by atoms with Gasteiger partial charge in [-0.25, -0.2) is 4.39 Å². The molecule has 18 heavy (non-hydrogen) atoms. The molecule has 1 aromatic rings. The Morgan fingerprint density at radius 3 is 3.06 bits per heavy atom. The van der Waals surface area contributed by atoms with Gasteiger partial charge < -0.3 is 10.1 Å². The highest BCUT2D eigenvalue weighted by atomic mass is 35.5. The third-order valence-corrected chi connectivity index (χ3v) is 4.52. The molecule has 0 amide bonds. The van der Waals surface area contributed by atoms with E-state index in [2.05, 4.69) is 5.32 Å². The van der Waals surface area contributed by atoms with Crippen LogP contribution in [0.2, 0.25) is 5.02 Å². The van der Waals surface area contributed by atoms with Gasteiger partial charge in [-0.3, -0.25) is 0 Å². The summed E-state index contributed by atoms with van der Waals surface area (Å²) in [6.45, 7) is 0.762. The van der Waals surface area contributed by atoms with Crippen molar-refractivity contribution >= 4 is 23.4 Å². The molecule has 0 bridgehead atoms. The van der Waals surface area contributed by atoms with Crippen LogP contribution in [0.1, 0.15) is 5.56 Å². The number of rotatable bonds is 4. The molecule has 100 valence electrons. The van der Waals surface area contributed by atoms with Gasteiger partial charge in [-0.15, -0.1) is 0 Å². The molecule has 2 rings (SSSR count). The topological polar surface area (TPSA) is 21.3 Å². The van der Waals surface area contributed by atoms with Crippen molar-refractivity contribution in [3.05, 3.63) is 34.6 Å². The van der Waals surface area contributed by atoms with Gasteiger partial charge in [0.25, 0.3) is 0 Å². The van der Waals surface area contributed by atoms with E-state index in [-0.39, 0.29) is 18.0 Å². The molecule has 0 saturated carbocycles. The molecule has 1 saturated heterocycles. The summed E-state index contributed by atoms with van der Waals surface area (Å²) in [4.78, 5) is 0. The maximum absolute atomic E-state index is 13.8. The molecule has 1 fully saturated rings. The van der Waals surface area contributed by atoms with Gasteiger partial charge in [0.15, 0.2) is 0 Å². The average molecular weight is 290 g/mol. The van der Waals surface area contributed by atoms with Crippen LogP contribution in [0.3, 0.4) is 0 Å². The second-order valence-electron chi connectivity index (χ2n) is 4.28. The first-order valence-electron chi connectivity index (χ1n) is 6.02. The summed E-state index contributed by atoms with van der Waals surface area (Å²) in [6.07, 6.45) is 0.664. The molecule has 2 nitrogen and oxygen atoms in total. The summed E-state index contributed by atoms with van der Waals surface area (Å²) in [5.41, 5.74) is 0.567. The lowest BCUT2D eigenvalue weighted by Gasteiger charge is -2.30. The van der Waals surface area contributed by atoms with Crippen molar-refractivity contribution in [3.8, 4) is 0 Å². The first-order valence-corrected chi connectivity index (χ1v) is 7.55. The number of hydrogen-bond acceptors (Lipinski definition) is 3. The van der Waals surface area contributed by atoms with E-state index in [9.17, 15) is 4.39 Å². The Morgan fingerprint density at radius 2 is 2.44 bits per heavy atom. The van der Waals surface area contributed by atoms with Gasteiger partial charge in [-0.05, 0) is 25.6 Å². The Morgan fingerprint density at radius 1 is 1.61 bits per heavy atom. The first kappa shape index (κ1) is 14.1. The third kappa shape index (κ3) is 3.38. The largest absolute Gasteiger partial charge is 0.375 e. The fraction of sp³-hybridized carbons (Fsp3) is 0.538. The van der Waals surface area contributed by atoms with Gasteiger partial charge >= 0.3 is 0 Å². The number of thioether (sulfide) groups is 1. The molecular weight excluding hydrogens is 273 g/mol. The number of nitrogens with one attached hydrogen (secondary N) is 1. The number of hydrogen-bond donors (Lipinski definition) is 1. The average Bonchev–Trinajstić information content (AvgIpc) is 2.40. The van der Waals surface area contributed by atoms with E-state index < -0.39 is 0 Å². The van der Waals surface area contributed by atoms with E-state index in [1.165, 1.54) is 6.07 Å². The molecule has 1 N–H and O–H groups in total. The smallest absolute Gasteiger partial charge is 0.127 e. The number of likely N-dealkylation sites (N-methyl/N-ethyl adjacent to an activating group) is 1. The van der Waals surface area contributed by atoms with Crippen molar-refractivity contribution in [1.29, 1.82) is 0 Å². The Labute approximate surface area is 116 Å². The highest BCUT2D eigenvalue weighted by Crippen LogP contribution is 2.23. The quantitative estimate of drug-likeness (QED) is 0.921. The molecule has 0 radical (unpaired) electrons. The standard InChI is InChI=1S/C13H17ClFNOS/c1-16-12(13-8-18-6-5-17-13)7-9-10(14)3-2-4-11(9)15/h2-4,12-13,16H,5-8H2,1H3. The summed E-state index contributed by atoms with van der Waals surface area (Å²) in [5, 5.41) is 3.70. The molecule has 0 aromatic heterocycles. The Hall–Kier alpha value is -0.290. The van der Waals surface area contributed by atoms with Crippen LogP contribution < -0.4 is 5.32 Å².